The summed E-state index contributed by atoms with van der Waals surface area (Å²) in [7, 11) is 0. The van der Waals surface area contributed by atoms with E-state index in [-0.39, 0.29) is 6.54 Å². The lowest BCUT2D eigenvalue weighted by atomic mass is 10.1. The van der Waals surface area contributed by atoms with Crippen molar-refractivity contribution >= 4 is 6.41 Å². The zero-order valence-electron chi connectivity index (χ0n) is 5.53. The minimum atomic E-state index is -1.26. The summed E-state index contributed by atoms with van der Waals surface area (Å²) in [6, 6.07) is 0. The summed E-state index contributed by atoms with van der Waals surface area (Å²) in [5.41, 5.74) is 0. The van der Waals surface area contributed by atoms with Crippen molar-refractivity contribution in [1.29, 1.82) is 0 Å². The zero-order valence-corrected chi connectivity index (χ0v) is 5.53. The van der Waals surface area contributed by atoms with E-state index in [1.165, 1.54) is 4.90 Å². The Labute approximate surface area is 58.4 Å². The minimum Gasteiger partial charge on any atom is -0.390 e. The third-order valence-corrected chi connectivity index (χ3v) is 1.69. The van der Waals surface area contributed by atoms with Crippen LogP contribution in [0, 0.1) is 0 Å². The molecular formula is C6H10FNO2. The summed E-state index contributed by atoms with van der Waals surface area (Å²) >= 11 is 0. The van der Waals surface area contributed by atoms with Gasteiger partial charge in [0.1, 0.15) is 6.17 Å². The van der Waals surface area contributed by atoms with Gasteiger partial charge < -0.3 is 10.0 Å². The van der Waals surface area contributed by atoms with Gasteiger partial charge in [-0.05, 0) is 6.42 Å². The van der Waals surface area contributed by atoms with Gasteiger partial charge in [0.25, 0.3) is 0 Å². The lowest BCUT2D eigenvalue weighted by molar-refractivity contribution is -0.122. The molecule has 4 heteroatoms. The Morgan fingerprint density at radius 3 is 2.90 bits per heavy atom. The van der Waals surface area contributed by atoms with E-state index in [1.807, 2.05) is 0 Å². The van der Waals surface area contributed by atoms with Gasteiger partial charge in [0.05, 0.1) is 12.6 Å². The summed E-state index contributed by atoms with van der Waals surface area (Å²) in [5, 5.41) is 8.87. The highest BCUT2D eigenvalue weighted by molar-refractivity contribution is 5.47. The smallest absolute Gasteiger partial charge is 0.209 e. The third kappa shape index (κ3) is 1.44. The number of nitrogens with zero attached hydrogens (tertiary/aromatic N) is 1. The van der Waals surface area contributed by atoms with Crippen LogP contribution in [-0.2, 0) is 4.79 Å². The quantitative estimate of drug-likeness (QED) is 0.510. The van der Waals surface area contributed by atoms with Crippen molar-refractivity contribution in [2.75, 3.05) is 13.1 Å². The number of amides is 1. The molecule has 2 atom stereocenters. The van der Waals surface area contributed by atoms with Crippen LogP contribution in [0.2, 0.25) is 0 Å². The molecule has 1 aliphatic heterocycles. The van der Waals surface area contributed by atoms with E-state index >= 15 is 0 Å². The van der Waals surface area contributed by atoms with Crippen LogP contribution in [0.3, 0.4) is 0 Å². The third-order valence-electron chi connectivity index (χ3n) is 1.69. The van der Waals surface area contributed by atoms with Crippen molar-refractivity contribution in [2.45, 2.75) is 18.7 Å². The summed E-state index contributed by atoms with van der Waals surface area (Å²) in [6.07, 6.45) is -1.19. The Hall–Kier alpha value is -0.640. The molecule has 0 radical (unpaired) electrons. The lowest BCUT2D eigenvalue weighted by Gasteiger charge is -2.28. The molecule has 58 valence electrons. The average molecular weight is 147 g/mol. The summed E-state index contributed by atoms with van der Waals surface area (Å²) in [6.45, 7) is 0.496. The van der Waals surface area contributed by atoms with Crippen LogP contribution < -0.4 is 0 Å². The van der Waals surface area contributed by atoms with Crippen LogP contribution in [0.25, 0.3) is 0 Å². The van der Waals surface area contributed by atoms with E-state index in [9.17, 15) is 9.18 Å². The number of piperidine rings is 1. The van der Waals surface area contributed by atoms with Gasteiger partial charge in [0.15, 0.2) is 0 Å². The number of carbonyl (C=O) groups is 1. The molecule has 3 nitrogen and oxygen atoms in total. The first kappa shape index (κ1) is 7.47. The number of hydrogen-bond acceptors (Lipinski definition) is 2. The highest BCUT2D eigenvalue weighted by atomic mass is 19.1. The Kier molecular flexibility index (Phi) is 2.21. The van der Waals surface area contributed by atoms with Gasteiger partial charge in [-0.25, -0.2) is 4.39 Å². The van der Waals surface area contributed by atoms with Gasteiger partial charge in [0.2, 0.25) is 6.41 Å². The number of carbonyl (C=O) groups excluding carboxylic acids is 1. The first-order chi connectivity index (χ1) is 4.74. The van der Waals surface area contributed by atoms with Gasteiger partial charge in [-0.15, -0.1) is 0 Å². The topological polar surface area (TPSA) is 40.5 Å². The number of hydrogen-bond donors (Lipinski definition) is 1. The van der Waals surface area contributed by atoms with Crippen LogP contribution in [0.15, 0.2) is 0 Å². The number of likely N-dealkylation sites (tertiary alicyclic amines) is 1. The predicted octanol–water partition coefficient (Wildman–Crippen LogP) is -0.452. The van der Waals surface area contributed by atoms with Crippen LogP contribution in [0.5, 0.6) is 0 Å². The molecule has 0 aromatic rings. The molecule has 0 spiro atoms. The largest absolute Gasteiger partial charge is 0.390 e. The fraction of sp³-hybridized carbons (Fsp3) is 0.833. The summed E-state index contributed by atoms with van der Waals surface area (Å²) in [4.78, 5) is 11.4. The Morgan fingerprint density at radius 1 is 1.70 bits per heavy atom. The van der Waals surface area contributed by atoms with Crippen molar-refractivity contribution in [2.24, 2.45) is 0 Å². The molecule has 0 saturated carbocycles. The molecule has 1 fully saturated rings. The summed E-state index contributed by atoms with van der Waals surface area (Å²) in [5.74, 6) is 0. The molecule has 0 bridgehead atoms. The van der Waals surface area contributed by atoms with Crippen molar-refractivity contribution in [3.8, 4) is 0 Å². The maximum Gasteiger partial charge on any atom is 0.209 e. The van der Waals surface area contributed by atoms with Crippen molar-refractivity contribution < 1.29 is 14.3 Å². The molecular weight excluding hydrogens is 137 g/mol. The normalized spacial score (nSPS) is 34.0. The molecule has 1 heterocycles. The number of halogens is 1. The molecule has 1 saturated heterocycles. The molecule has 10 heavy (non-hydrogen) atoms. The van der Waals surface area contributed by atoms with E-state index in [0.717, 1.165) is 0 Å². The second kappa shape index (κ2) is 2.96. The van der Waals surface area contributed by atoms with Crippen LogP contribution in [0.1, 0.15) is 6.42 Å². The molecule has 1 rings (SSSR count). The lowest BCUT2D eigenvalue weighted by Crippen LogP contribution is -2.43. The van der Waals surface area contributed by atoms with Crippen molar-refractivity contribution in [3.63, 3.8) is 0 Å². The monoisotopic (exact) mass is 147 g/mol. The van der Waals surface area contributed by atoms with Gasteiger partial charge in [0, 0.05) is 6.54 Å². The van der Waals surface area contributed by atoms with E-state index in [4.69, 9.17) is 5.11 Å². The molecule has 2 unspecified atom stereocenters. The van der Waals surface area contributed by atoms with Gasteiger partial charge in [-0.2, -0.15) is 0 Å². The maximum atomic E-state index is 12.6. The van der Waals surface area contributed by atoms with E-state index in [0.29, 0.717) is 19.4 Å². The highest BCUT2D eigenvalue weighted by Crippen LogP contribution is 2.11. The van der Waals surface area contributed by atoms with Crippen molar-refractivity contribution in [1.82, 2.24) is 4.90 Å². The van der Waals surface area contributed by atoms with Crippen LogP contribution in [-0.4, -0.2) is 41.8 Å². The number of rotatable bonds is 1. The van der Waals surface area contributed by atoms with Crippen LogP contribution in [0.4, 0.5) is 4.39 Å². The Balaban J connectivity index is 2.40. The first-order valence-electron chi connectivity index (χ1n) is 3.25. The fourth-order valence-corrected chi connectivity index (χ4v) is 1.01. The van der Waals surface area contributed by atoms with Crippen LogP contribution >= 0.6 is 0 Å². The maximum absolute atomic E-state index is 12.6. The van der Waals surface area contributed by atoms with Crippen molar-refractivity contribution in [3.05, 3.63) is 0 Å². The fourth-order valence-electron chi connectivity index (χ4n) is 1.01. The van der Waals surface area contributed by atoms with Gasteiger partial charge in [-0.3, -0.25) is 4.79 Å². The first-order valence-corrected chi connectivity index (χ1v) is 3.25. The number of alkyl halides is 1. The second-order valence-corrected chi connectivity index (χ2v) is 2.47. The Bertz CT molecular complexity index is 131. The predicted molar refractivity (Wildman–Crippen MR) is 33.2 cm³/mol. The van der Waals surface area contributed by atoms with E-state index in [2.05, 4.69) is 0 Å². The number of aliphatic hydroxyl groups is 1. The molecule has 0 aromatic carbocycles. The Morgan fingerprint density at radius 2 is 2.40 bits per heavy atom. The SMILES string of the molecule is O=CN1CCC(O)C(F)C1. The zero-order chi connectivity index (χ0) is 7.56. The van der Waals surface area contributed by atoms with Gasteiger partial charge >= 0.3 is 0 Å². The highest BCUT2D eigenvalue weighted by Gasteiger charge is 2.26. The number of aliphatic hydroxyl groups excluding tert-OH is 1. The average Bonchev–Trinajstić information content (AvgIpc) is 1.95. The van der Waals surface area contributed by atoms with E-state index < -0.39 is 12.3 Å². The van der Waals surface area contributed by atoms with E-state index in [1.54, 1.807) is 0 Å². The van der Waals surface area contributed by atoms with Gasteiger partial charge in [-0.1, -0.05) is 0 Å². The minimum absolute atomic E-state index is 0.0324. The standard InChI is InChI=1S/C6H10FNO2/c7-5-3-8(4-9)2-1-6(5)10/h4-6,10H,1-3H2. The summed E-state index contributed by atoms with van der Waals surface area (Å²) < 4.78 is 12.6. The molecule has 0 aliphatic carbocycles. The molecule has 1 N–H and O–H groups in total. The molecule has 1 aliphatic rings. The molecule has 0 aromatic heterocycles. The second-order valence-electron chi connectivity index (χ2n) is 2.47. The molecule has 1 amide bonds.